The first kappa shape index (κ1) is 25.2. The van der Waals surface area contributed by atoms with Crippen LogP contribution in [0.2, 0.25) is 0 Å². The third kappa shape index (κ3) is 6.47. The number of amides is 1. The third-order valence-corrected chi connectivity index (χ3v) is 8.20. The number of hydrogen-bond acceptors (Lipinski definition) is 7. The van der Waals surface area contributed by atoms with Crippen molar-refractivity contribution >= 4 is 31.7 Å². The van der Waals surface area contributed by atoms with E-state index < -0.39 is 67.1 Å². The molecular formula is C19H27FN2O7S2. The Balaban J connectivity index is 2.05. The predicted molar refractivity (Wildman–Crippen MR) is 111 cm³/mol. The summed E-state index contributed by atoms with van der Waals surface area (Å²) in [4.78, 5) is 25.7. The van der Waals surface area contributed by atoms with Gasteiger partial charge in [0.1, 0.15) is 16.8 Å². The second kappa shape index (κ2) is 10.0. The van der Waals surface area contributed by atoms with Crippen LogP contribution in [0, 0.1) is 11.7 Å². The van der Waals surface area contributed by atoms with Crippen molar-refractivity contribution in [3.05, 3.63) is 30.1 Å². The summed E-state index contributed by atoms with van der Waals surface area (Å²) in [6.45, 7) is 4.40. The fourth-order valence-corrected chi connectivity index (χ4v) is 6.46. The molecule has 1 fully saturated rings. The van der Waals surface area contributed by atoms with Gasteiger partial charge in [0.2, 0.25) is 10.0 Å². The van der Waals surface area contributed by atoms with Crippen molar-refractivity contribution in [1.82, 2.24) is 9.62 Å². The Morgan fingerprint density at radius 1 is 1.29 bits per heavy atom. The Bertz CT molecular complexity index is 1030. The van der Waals surface area contributed by atoms with E-state index in [-0.39, 0.29) is 18.1 Å². The number of ether oxygens (including phenoxy) is 1. The lowest BCUT2D eigenvalue weighted by atomic mass is 10.1. The van der Waals surface area contributed by atoms with Crippen LogP contribution >= 0.6 is 0 Å². The highest BCUT2D eigenvalue weighted by Gasteiger charge is 2.35. The number of carbonyl (C=O) groups is 2. The second-order valence-corrected chi connectivity index (χ2v) is 11.5. The quantitative estimate of drug-likeness (QED) is 0.518. The van der Waals surface area contributed by atoms with Gasteiger partial charge in [-0.3, -0.25) is 9.59 Å². The van der Waals surface area contributed by atoms with Gasteiger partial charge in [0.15, 0.2) is 16.4 Å². The minimum absolute atomic E-state index is 0.00547. The summed E-state index contributed by atoms with van der Waals surface area (Å²) in [6, 6.07) is 2.91. The second-order valence-electron chi connectivity index (χ2n) is 7.62. The van der Waals surface area contributed by atoms with Crippen LogP contribution < -0.4 is 4.72 Å². The molecule has 0 bridgehead atoms. The number of sulfone groups is 1. The minimum atomic E-state index is -4.35. The highest BCUT2D eigenvalue weighted by atomic mass is 32.2. The molecule has 1 aromatic rings. The van der Waals surface area contributed by atoms with E-state index in [4.69, 9.17) is 4.74 Å². The molecule has 1 N–H and O–H groups in total. The third-order valence-electron chi connectivity index (χ3n) is 4.98. The summed E-state index contributed by atoms with van der Waals surface area (Å²) in [7, 11) is -7.55. The molecule has 1 aromatic carbocycles. The largest absolute Gasteiger partial charge is 0.454 e. The topological polar surface area (TPSA) is 127 Å². The maximum atomic E-state index is 13.9. The molecule has 12 heteroatoms. The van der Waals surface area contributed by atoms with Crippen LogP contribution in [0.1, 0.15) is 27.2 Å². The number of benzene rings is 1. The fourth-order valence-electron chi connectivity index (χ4n) is 3.31. The minimum Gasteiger partial charge on any atom is -0.454 e. The first-order valence-electron chi connectivity index (χ1n) is 9.81. The van der Waals surface area contributed by atoms with Crippen molar-refractivity contribution in [2.75, 3.05) is 24.7 Å². The number of nitrogens with one attached hydrogen (secondary N) is 1. The van der Waals surface area contributed by atoms with Crippen molar-refractivity contribution < 1.29 is 35.6 Å². The summed E-state index contributed by atoms with van der Waals surface area (Å²) in [5, 5.41) is 0. The molecule has 174 valence electrons. The lowest BCUT2D eigenvalue weighted by Crippen LogP contribution is -2.47. The monoisotopic (exact) mass is 478 g/mol. The standard InChI is InChI=1S/C19H27FN2O7S2/c1-4-22(14-9-10-30(25,26)12-14)17(23)11-29-19(24)18(13(2)3)21-31(27,28)16-8-6-5-7-15(16)20/h5-8,13-14,18,21H,4,9-12H2,1-3H3/t14?,18-/m0/s1. The zero-order valence-electron chi connectivity index (χ0n) is 17.6. The van der Waals surface area contributed by atoms with Gasteiger partial charge >= 0.3 is 5.97 Å². The smallest absolute Gasteiger partial charge is 0.324 e. The maximum Gasteiger partial charge on any atom is 0.324 e. The van der Waals surface area contributed by atoms with E-state index in [9.17, 15) is 30.8 Å². The molecule has 0 aliphatic carbocycles. The molecule has 0 spiro atoms. The molecule has 1 heterocycles. The molecule has 1 aliphatic rings. The summed E-state index contributed by atoms with van der Waals surface area (Å²) in [6.07, 6.45) is 0.312. The predicted octanol–water partition coefficient (Wildman–Crippen LogP) is 0.707. The van der Waals surface area contributed by atoms with Crippen LogP contribution in [-0.4, -0.2) is 70.4 Å². The number of esters is 1. The van der Waals surface area contributed by atoms with Gasteiger partial charge in [-0.1, -0.05) is 26.0 Å². The van der Waals surface area contributed by atoms with Crippen molar-refractivity contribution in [1.29, 1.82) is 0 Å². The lowest BCUT2D eigenvalue weighted by Gasteiger charge is -2.27. The number of sulfonamides is 1. The Morgan fingerprint density at radius 3 is 2.45 bits per heavy atom. The molecule has 9 nitrogen and oxygen atoms in total. The Labute approximate surface area is 181 Å². The van der Waals surface area contributed by atoms with E-state index in [2.05, 4.69) is 4.72 Å². The number of hydrogen-bond donors (Lipinski definition) is 1. The average Bonchev–Trinajstić information content (AvgIpc) is 3.04. The van der Waals surface area contributed by atoms with Crippen molar-refractivity contribution in [3.63, 3.8) is 0 Å². The van der Waals surface area contributed by atoms with Gasteiger partial charge in [-0.05, 0) is 31.4 Å². The zero-order valence-corrected chi connectivity index (χ0v) is 19.2. The van der Waals surface area contributed by atoms with E-state index in [1.54, 1.807) is 20.8 Å². The van der Waals surface area contributed by atoms with Crippen LogP contribution in [0.3, 0.4) is 0 Å². The molecule has 0 saturated carbocycles. The van der Waals surface area contributed by atoms with Gasteiger partial charge in [0.25, 0.3) is 5.91 Å². The summed E-state index contributed by atoms with van der Waals surface area (Å²) in [5.41, 5.74) is 0. The number of nitrogens with zero attached hydrogens (tertiary/aromatic N) is 1. The molecule has 2 atom stereocenters. The first-order valence-corrected chi connectivity index (χ1v) is 13.1. The Hall–Kier alpha value is -2.05. The first-order chi connectivity index (χ1) is 14.4. The highest BCUT2D eigenvalue weighted by molar-refractivity contribution is 7.91. The van der Waals surface area contributed by atoms with Crippen LogP contribution in [0.25, 0.3) is 0 Å². The van der Waals surface area contributed by atoms with E-state index >= 15 is 0 Å². The summed E-state index contributed by atoms with van der Waals surface area (Å²) in [5.74, 6) is -3.22. The van der Waals surface area contributed by atoms with Crippen LogP contribution in [0.5, 0.6) is 0 Å². The molecule has 1 unspecified atom stereocenters. The van der Waals surface area contributed by atoms with E-state index in [1.807, 2.05) is 0 Å². The van der Waals surface area contributed by atoms with Gasteiger partial charge < -0.3 is 9.64 Å². The Kier molecular flexibility index (Phi) is 8.17. The Morgan fingerprint density at radius 2 is 1.94 bits per heavy atom. The van der Waals surface area contributed by atoms with Gasteiger partial charge in [-0.2, -0.15) is 4.72 Å². The molecule has 1 amide bonds. The highest BCUT2D eigenvalue weighted by Crippen LogP contribution is 2.19. The molecule has 0 aromatic heterocycles. The maximum absolute atomic E-state index is 13.9. The van der Waals surface area contributed by atoms with E-state index in [0.717, 1.165) is 12.1 Å². The fraction of sp³-hybridized carbons (Fsp3) is 0.579. The number of rotatable bonds is 9. The van der Waals surface area contributed by atoms with Crippen molar-refractivity contribution in [2.45, 2.75) is 44.2 Å². The lowest BCUT2D eigenvalue weighted by molar-refractivity contribution is -0.154. The van der Waals surface area contributed by atoms with Crippen molar-refractivity contribution in [3.8, 4) is 0 Å². The van der Waals surface area contributed by atoms with E-state index in [1.165, 1.54) is 17.0 Å². The van der Waals surface area contributed by atoms with Crippen LogP contribution in [-0.2, 0) is 34.2 Å². The number of likely N-dealkylation sites (N-methyl/N-ethyl adjacent to an activating group) is 1. The van der Waals surface area contributed by atoms with Gasteiger partial charge in [0.05, 0.1) is 11.5 Å². The summed E-state index contributed by atoms with van der Waals surface area (Å²) >= 11 is 0. The van der Waals surface area contributed by atoms with Gasteiger partial charge in [0, 0.05) is 12.6 Å². The van der Waals surface area contributed by atoms with Crippen LogP contribution in [0.15, 0.2) is 29.2 Å². The molecule has 0 radical (unpaired) electrons. The number of halogens is 1. The molecule has 1 aliphatic heterocycles. The molecule has 31 heavy (non-hydrogen) atoms. The zero-order chi connectivity index (χ0) is 23.4. The van der Waals surface area contributed by atoms with Gasteiger partial charge in [-0.15, -0.1) is 0 Å². The molecular weight excluding hydrogens is 451 g/mol. The normalized spacial score (nSPS) is 19.2. The van der Waals surface area contributed by atoms with Gasteiger partial charge in [-0.25, -0.2) is 21.2 Å². The van der Waals surface area contributed by atoms with Crippen molar-refractivity contribution in [2.24, 2.45) is 5.92 Å². The molecule has 2 rings (SSSR count). The summed E-state index contributed by atoms with van der Waals surface area (Å²) < 4.78 is 69.4. The SMILES string of the molecule is CCN(C(=O)COC(=O)[C@@H](NS(=O)(=O)c1ccccc1F)C(C)C)C1CCS(=O)(=O)C1. The number of carbonyl (C=O) groups excluding carboxylic acids is 2. The van der Waals surface area contributed by atoms with E-state index in [0.29, 0.717) is 6.42 Å². The molecule has 1 saturated heterocycles. The average molecular weight is 479 g/mol. The van der Waals surface area contributed by atoms with Crippen LogP contribution in [0.4, 0.5) is 4.39 Å².